The lowest BCUT2D eigenvalue weighted by Crippen LogP contribution is -2.12. The fraction of sp³-hybridized carbons (Fsp3) is 0.333. The Morgan fingerprint density at radius 1 is 1.29 bits per heavy atom. The second-order valence-corrected chi connectivity index (χ2v) is 2.79. The van der Waals surface area contributed by atoms with Crippen LogP contribution in [0.4, 0.5) is 8.78 Å². The minimum absolute atomic E-state index is 0. The molecule has 5 heteroatoms. The van der Waals surface area contributed by atoms with Crippen molar-refractivity contribution in [2.75, 3.05) is 6.61 Å². The summed E-state index contributed by atoms with van der Waals surface area (Å²) < 4.78 is 25.2. The molecule has 0 fully saturated rings. The molecule has 0 spiro atoms. The number of rotatable bonds is 3. The van der Waals surface area contributed by atoms with E-state index in [1.165, 1.54) is 6.07 Å². The largest absolute Gasteiger partial charge is 0.396 e. The molecular weight excluding hydrogens is 212 g/mol. The number of nitrogens with two attached hydrogens (primary N) is 1. The molecule has 0 aliphatic rings. The van der Waals surface area contributed by atoms with E-state index in [-0.39, 0.29) is 19.0 Å². The van der Waals surface area contributed by atoms with Gasteiger partial charge in [0.1, 0.15) is 0 Å². The van der Waals surface area contributed by atoms with Gasteiger partial charge in [0.15, 0.2) is 11.6 Å². The van der Waals surface area contributed by atoms with Crippen LogP contribution >= 0.6 is 12.4 Å². The van der Waals surface area contributed by atoms with Gasteiger partial charge in [0.25, 0.3) is 0 Å². The molecule has 0 aliphatic carbocycles. The standard InChI is InChI=1S/C9H11F2NO.ClH/c10-7-2-1-6(5-8(7)11)9(12)3-4-13;/h1-2,5,9,13H,3-4,12H2;1H/t9-;/m1./s1. The third kappa shape index (κ3) is 3.21. The Hall–Kier alpha value is -0.710. The lowest BCUT2D eigenvalue weighted by atomic mass is 10.1. The predicted molar refractivity (Wildman–Crippen MR) is 52.2 cm³/mol. The summed E-state index contributed by atoms with van der Waals surface area (Å²) in [4.78, 5) is 0. The van der Waals surface area contributed by atoms with Crippen LogP contribution in [-0.4, -0.2) is 11.7 Å². The van der Waals surface area contributed by atoms with Crippen molar-refractivity contribution in [2.24, 2.45) is 5.73 Å². The quantitative estimate of drug-likeness (QED) is 0.821. The van der Waals surface area contributed by atoms with Gasteiger partial charge < -0.3 is 10.8 Å². The van der Waals surface area contributed by atoms with Crippen molar-refractivity contribution >= 4 is 12.4 Å². The van der Waals surface area contributed by atoms with Gasteiger partial charge in [-0.3, -0.25) is 0 Å². The van der Waals surface area contributed by atoms with Gasteiger partial charge in [0, 0.05) is 12.6 Å². The number of aliphatic hydroxyl groups excluding tert-OH is 1. The first-order valence-electron chi connectivity index (χ1n) is 3.96. The van der Waals surface area contributed by atoms with E-state index in [0.29, 0.717) is 12.0 Å². The van der Waals surface area contributed by atoms with Crippen molar-refractivity contribution in [1.82, 2.24) is 0 Å². The molecule has 14 heavy (non-hydrogen) atoms. The zero-order valence-corrected chi connectivity index (χ0v) is 8.23. The van der Waals surface area contributed by atoms with Crippen molar-refractivity contribution < 1.29 is 13.9 Å². The maximum absolute atomic E-state index is 12.7. The molecule has 0 saturated carbocycles. The van der Waals surface area contributed by atoms with E-state index in [1.54, 1.807) is 0 Å². The van der Waals surface area contributed by atoms with Crippen LogP contribution in [-0.2, 0) is 0 Å². The second kappa shape index (κ2) is 5.90. The Labute approximate surface area is 87.1 Å². The molecule has 2 nitrogen and oxygen atoms in total. The molecule has 3 N–H and O–H groups in total. The lowest BCUT2D eigenvalue weighted by molar-refractivity contribution is 0.276. The highest BCUT2D eigenvalue weighted by Crippen LogP contribution is 2.16. The maximum Gasteiger partial charge on any atom is 0.159 e. The summed E-state index contributed by atoms with van der Waals surface area (Å²) in [6, 6.07) is 3.05. The molecule has 1 atom stereocenters. The Morgan fingerprint density at radius 2 is 1.93 bits per heavy atom. The van der Waals surface area contributed by atoms with E-state index in [9.17, 15) is 8.78 Å². The summed E-state index contributed by atoms with van der Waals surface area (Å²) in [5.41, 5.74) is 6.07. The SMILES string of the molecule is Cl.N[C@H](CCO)c1ccc(F)c(F)c1. The van der Waals surface area contributed by atoms with Gasteiger partial charge in [-0.1, -0.05) is 6.07 Å². The maximum atomic E-state index is 12.7. The summed E-state index contributed by atoms with van der Waals surface area (Å²) >= 11 is 0. The molecule has 0 heterocycles. The fourth-order valence-corrected chi connectivity index (χ4v) is 1.05. The normalized spacial score (nSPS) is 12.0. The van der Waals surface area contributed by atoms with Crippen LogP contribution < -0.4 is 5.73 Å². The Balaban J connectivity index is 0.00000169. The van der Waals surface area contributed by atoms with E-state index >= 15 is 0 Å². The van der Waals surface area contributed by atoms with Crippen LogP contribution in [0.5, 0.6) is 0 Å². The fourth-order valence-electron chi connectivity index (χ4n) is 1.05. The molecule has 0 bridgehead atoms. The van der Waals surface area contributed by atoms with E-state index in [0.717, 1.165) is 12.1 Å². The Morgan fingerprint density at radius 3 is 2.43 bits per heavy atom. The number of halogens is 3. The number of aliphatic hydroxyl groups is 1. The van der Waals surface area contributed by atoms with Crippen LogP contribution in [0.15, 0.2) is 18.2 Å². The molecule has 1 rings (SSSR count). The average molecular weight is 224 g/mol. The molecule has 0 aromatic heterocycles. The smallest absolute Gasteiger partial charge is 0.159 e. The highest BCUT2D eigenvalue weighted by Gasteiger charge is 2.08. The molecule has 80 valence electrons. The molecule has 0 amide bonds. The first-order chi connectivity index (χ1) is 6.15. The topological polar surface area (TPSA) is 46.2 Å². The van der Waals surface area contributed by atoms with Crippen molar-refractivity contribution in [3.8, 4) is 0 Å². The number of hydrogen-bond acceptors (Lipinski definition) is 2. The van der Waals surface area contributed by atoms with Gasteiger partial charge in [0.2, 0.25) is 0 Å². The zero-order chi connectivity index (χ0) is 9.84. The molecule has 0 radical (unpaired) electrons. The highest BCUT2D eigenvalue weighted by molar-refractivity contribution is 5.85. The Kier molecular flexibility index (Phi) is 5.60. The average Bonchev–Trinajstić information content (AvgIpc) is 2.10. The van der Waals surface area contributed by atoms with Crippen LogP contribution in [0, 0.1) is 11.6 Å². The minimum atomic E-state index is -0.911. The Bertz CT molecular complexity index is 296. The first-order valence-corrected chi connectivity index (χ1v) is 3.96. The van der Waals surface area contributed by atoms with Gasteiger partial charge in [-0.2, -0.15) is 0 Å². The predicted octanol–water partition coefficient (Wildman–Crippen LogP) is 1.77. The van der Waals surface area contributed by atoms with Crippen LogP contribution in [0.3, 0.4) is 0 Å². The van der Waals surface area contributed by atoms with E-state index in [4.69, 9.17) is 10.8 Å². The summed E-state index contributed by atoms with van der Waals surface area (Å²) in [6.07, 6.45) is 0.338. The van der Waals surface area contributed by atoms with E-state index in [2.05, 4.69) is 0 Å². The third-order valence-corrected chi connectivity index (χ3v) is 1.81. The van der Waals surface area contributed by atoms with Gasteiger partial charge >= 0.3 is 0 Å². The number of hydrogen-bond donors (Lipinski definition) is 2. The van der Waals surface area contributed by atoms with E-state index in [1.807, 2.05) is 0 Å². The summed E-state index contributed by atoms with van der Waals surface area (Å²) in [5.74, 6) is -1.80. The lowest BCUT2D eigenvalue weighted by Gasteiger charge is -2.09. The molecule has 0 aliphatic heterocycles. The number of benzene rings is 1. The van der Waals surface area contributed by atoms with Crippen molar-refractivity contribution in [2.45, 2.75) is 12.5 Å². The van der Waals surface area contributed by atoms with Crippen LogP contribution in [0.25, 0.3) is 0 Å². The van der Waals surface area contributed by atoms with Gasteiger partial charge in [0.05, 0.1) is 0 Å². The summed E-state index contributed by atoms with van der Waals surface area (Å²) in [5, 5.41) is 8.57. The first kappa shape index (κ1) is 13.3. The van der Waals surface area contributed by atoms with Crippen LogP contribution in [0.1, 0.15) is 18.0 Å². The molecule has 1 aromatic carbocycles. The van der Waals surface area contributed by atoms with Crippen molar-refractivity contribution in [1.29, 1.82) is 0 Å². The minimum Gasteiger partial charge on any atom is -0.396 e. The highest BCUT2D eigenvalue weighted by atomic mass is 35.5. The van der Waals surface area contributed by atoms with Crippen molar-refractivity contribution in [3.05, 3.63) is 35.4 Å². The molecule has 1 aromatic rings. The summed E-state index contributed by atoms with van der Waals surface area (Å²) in [7, 11) is 0. The van der Waals surface area contributed by atoms with Gasteiger partial charge in [-0.05, 0) is 24.1 Å². The van der Waals surface area contributed by atoms with Crippen LogP contribution in [0.2, 0.25) is 0 Å². The summed E-state index contributed by atoms with van der Waals surface area (Å²) in [6.45, 7) is -0.0693. The van der Waals surface area contributed by atoms with E-state index < -0.39 is 17.7 Å². The zero-order valence-electron chi connectivity index (χ0n) is 7.41. The van der Waals surface area contributed by atoms with Crippen molar-refractivity contribution in [3.63, 3.8) is 0 Å². The molecule has 0 saturated heterocycles. The monoisotopic (exact) mass is 223 g/mol. The molecule has 0 unspecified atom stereocenters. The molecular formula is C9H12ClF2NO. The third-order valence-electron chi connectivity index (χ3n) is 1.81. The van der Waals surface area contributed by atoms with Gasteiger partial charge in [-0.15, -0.1) is 12.4 Å². The second-order valence-electron chi connectivity index (χ2n) is 2.79. The van der Waals surface area contributed by atoms with Gasteiger partial charge in [-0.25, -0.2) is 8.78 Å².